The molecule has 2 aromatic heterocycles. The second-order valence-corrected chi connectivity index (χ2v) is 14.1. The summed E-state index contributed by atoms with van der Waals surface area (Å²) in [6.07, 6.45) is 0. The third kappa shape index (κ3) is 7.38. The van der Waals surface area contributed by atoms with Gasteiger partial charge in [-0.15, -0.1) is 11.3 Å². The molecule has 0 N–H and O–H groups in total. The standard InChI is InChI=1S/C41H43N5O5S/c1-26-19-32(22-38(49-6)28(26)3)34-23-35(46(43-34)29(4)47)30-11-14-37(48-5)39(21-30)51-25-45-17-15-44(16-18-45)24-50-36-13-12-31(20-27(36)2)41-42-33-9-7-8-10-40(33)52-41/h7-14,19-23H,15-18,24-25H2,1-6H3. The molecule has 1 saturated heterocycles. The molecule has 0 spiro atoms. The number of fused-ring (bicyclic) bond motifs is 1. The smallest absolute Gasteiger partial charge is 0.244 e. The van der Waals surface area contributed by atoms with E-state index in [4.69, 9.17) is 23.9 Å². The Bertz CT molecular complexity index is 2200. The fraction of sp³-hybridized carbons (Fsp3) is 0.293. The summed E-state index contributed by atoms with van der Waals surface area (Å²) in [4.78, 5) is 22.1. The van der Waals surface area contributed by atoms with Crippen LogP contribution in [0.2, 0.25) is 0 Å². The van der Waals surface area contributed by atoms with Gasteiger partial charge in [-0.3, -0.25) is 14.6 Å². The number of thiazole rings is 1. The minimum atomic E-state index is -0.186. The van der Waals surface area contributed by atoms with Crippen LogP contribution in [0.1, 0.15) is 28.4 Å². The predicted molar refractivity (Wildman–Crippen MR) is 206 cm³/mol. The molecule has 0 amide bonds. The van der Waals surface area contributed by atoms with Crippen LogP contribution in [0.3, 0.4) is 0 Å². The zero-order valence-corrected chi connectivity index (χ0v) is 31.3. The number of rotatable bonds is 11. The van der Waals surface area contributed by atoms with Crippen LogP contribution in [0.15, 0.2) is 78.9 Å². The van der Waals surface area contributed by atoms with Gasteiger partial charge in [0.25, 0.3) is 0 Å². The van der Waals surface area contributed by atoms with Gasteiger partial charge in [0, 0.05) is 49.8 Å². The molecule has 11 heteroatoms. The van der Waals surface area contributed by atoms with Crippen molar-refractivity contribution >= 4 is 27.5 Å². The van der Waals surface area contributed by atoms with E-state index in [-0.39, 0.29) is 5.91 Å². The molecule has 0 radical (unpaired) electrons. The molecule has 4 aromatic carbocycles. The number of hydrogen-bond acceptors (Lipinski definition) is 10. The van der Waals surface area contributed by atoms with Gasteiger partial charge >= 0.3 is 0 Å². The highest BCUT2D eigenvalue weighted by atomic mass is 32.1. The molecule has 7 rings (SSSR count). The molecule has 0 unspecified atom stereocenters. The maximum Gasteiger partial charge on any atom is 0.244 e. The van der Waals surface area contributed by atoms with Crippen LogP contribution in [-0.4, -0.2) is 84.3 Å². The number of methoxy groups -OCH3 is 2. The van der Waals surface area contributed by atoms with E-state index in [0.29, 0.717) is 36.3 Å². The number of carbonyl (C=O) groups is 1. The average molecular weight is 718 g/mol. The molecule has 0 aliphatic carbocycles. The van der Waals surface area contributed by atoms with E-state index in [9.17, 15) is 4.79 Å². The van der Waals surface area contributed by atoms with E-state index in [1.165, 1.54) is 16.3 Å². The van der Waals surface area contributed by atoms with Crippen molar-refractivity contribution in [2.24, 2.45) is 0 Å². The first kappa shape index (κ1) is 35.2. The maximum atomic E-state index is 12.7. The van der Waals surface area contributed by atoms with E-state index in [1.807, 2.05) is 62.4 Å². The number of piperazine rings is 1. The summed E-state index contributed by atoms with van der Waals surface area (Å²) in [5.74, 6) is 2.70. The average Bonchev–Trinajstić information content (AvgIpc) is 3.81. The van der Waals surface area contributed by atoms with E-state index in [1.54, 1.807) is 25.6 Å². The SMILES string of the molecule is COc1ccc(-c2cc(-c3cc(C)c(C)c(OC)c3)nn2C(C)=O)cc1OCN1CCN(COc2ccc(-c3nc4ccccc4s3)cc2C)CC1. The number of hydrogen-bond donors (Lipinski definition) is 0. The van der Waals surface area contributed by atoms with Gasteiger partial charge in [0.15, 0.2) is 11.5 Å². The summed E-state index contributed by atoms with van der Waals surface area (Å²) in [6.45, 7) is 12.0. The molecule has 0 saturated carbocycles. The normalized spacial score (nSPS) is 13.7. The summed E-state index contributed by atoms with van der Waals surface area (Å²) in [5.41, 5.74) is 8.41. The molecule has 10 nitrogen and oxygen atoms in total. The highest BCUT2D eigenvalue weighted by Gasteiger charge is 2.21. The highest BCUT2D eigenvalue weighted by molar-refractivity contribution is 7.21. The van der Waals surface area contributed by atoms with E-state index < -0.39 is 0 Å². The van der Waals surface area contributed by atoms with Crippen LogP contribution in [0, 0.1) is 20.8 Å². The lowest BCUT2D eigenvalue weighted by molar-refractivity contribution is 0.0324. The minimum Gasteiger partial charge on any atom is -0.496 e. The van der Waals surface area contributed by atoms with Crippen LogP contribution in [0.5, 0.6) is 23.0 Å². The quantitative estimate of drug-likeness (QED) is 0.132. The third-order valence-electron chi connectivity index (χ3n) is 9.59. The molecule has 1 fully saturated rings. The summed E-state index contributed by atoms with van der Waals surface area (Å²) in [7, 11) is 3.29. The molecule has 268 valence electrons. The highest BCUT2D eigenvalue weighted by Crippen LogP contribution is 2.36. The van der Waals surface area contributed by atoms with Crippen molar-refractivity contribution < 1.29 is 23.7 Å². The summed E-state index contributed by atoms with van der Waals surface area (Å²) in [6, 6.07) is 26.2. The number of ether oxygens (including phenoxy) is 4. The fourth-order valence-electron chi connectivity index (χ4n) is 6.41. The molecule has 52 heavy (non-hydrogen) atoms. The Morgan fingerprint density at radius 3 is 2.02 bits per heavy atom. The largest absolute Gasteiger partial charge is 0.496 e. The fourth-order valence-corrected chi connectivity index (χ4v) is 7.37. The lowest BCUT2D eigenvalue weighted by Gasteiger charge is -2.34. The topological polar surface area (TPSA) is 91.2 Å². The number of nitrogens with zero attached hydrogens (tertiary/aromatic N) is 5. The second kappa shape index (κ2) is 15.2. The van der Waals surface area contributed by atoms with E-state index in [2.05, 4.69) is 52.2 Å². The molecule has 6 aromatic rings. The van der Waals surface area contributed by atoms with Gasteiger partial charge in [-0.1, -0.05) is 12.1 Å². The van der Waals surface area contributed by atoms with E-state index in [0.717, 1.165) is 81.6 Å². The van der Waals surface area contributed by atoms with Gasteiger partial charge in [0.1, 0.15) is 30.0 Å². The molecule has 3 heterocycles. The van der Waals surface area contributed by atoms with Crippen LogP contribution < -0.4 is 18.9 Å². The number of benzene rings is 4. The van der Waals surface area contributed by atoms with Gasteiger partial charge in [-0.05, 0) is 104 Å². The number of aromatic nitrogens is 3. The monoisotopic (exact) mass is 717 g/mol. The Hall–Kier alpha value is -5.23. The van der Waals surface area contributed by atoms with Gasteiger partial charge in [-0.2, -0.15) is 9.78 Å². The zero-order chi connectivity index (χ0) is 36.4. The van der Waals surface area contributed by atoms with Crippen molar-refractivity contribution in [3.63, 3.8) is 0 Å². The molecule has 0 atom stereocenters. The van der Waals surface area contributed by atoms with Crippen LogP contribution in [-0.2, 0) is 0 Å². The van der Waals surface area contributed by atoms with Crippen molar-refractivity contribution in [3.05, 3.63) is 95.6 Å². The van der Waals surface area contributed by atoms with Crippen molar-refractivity contribution in [2.45, 2.75) is 27.7 Å². The van der Waals surface area contributed by atoms with Gasteiger partial charge in [-0.25, -0.2) is 4.98 Å². The lowest BCUT2D eigenvalue weighted by Crippen LogP contribution is -2.48. The van der Waals surface area contributed by atoms with Crippen LogP contribution >= 0.6 is 11.3 Å². The first-order valence-electron chi connectivity index (χ1n) is 17.3. The van der Waals surface area contributed by atoms with Crippen molar-refractivity contribution in [2.75, 3.05) is 53.9 Å². The Labute approximate surface area is 308 Å². The van der Waals surface area contributed by atoms with Crippen LogP contribution in [0.4, 0.5) is 0 Å². The van der Waals surface area contributed by atoms with Crippen molar-refractivity contribution in [1.29, 1.82) is 0 Å². The Morgan fingerprint density at radius 2 is 1.35 bits per heavy atom. The van der Waals surface area contributed by atoms with Gasteiger partial charge in [0.2, 0.25) is 5.91 Å². The predicted octanol–water partition coefficient (Wildman–Crippen LogP) is 8.09. The second-order valence-electron chi connectivity index (χ2n) is 13.1. The van der Waals surface area contributed by atoms with Crippen LogP contribution in [0.25, 0.3) is 43.3 Å². The Balaban J connectivity index is 0.970. The van der Waals surface area contributed by atoms with E-state index >= 15 is 0 Å². The molecule has 1 aliphatic heterocycles. The first-order valence-corrected chi connectivity index (χ1v) is 18.1. The molecular weight excluding hydrogens is 675 g/mol. The number of para-hydroxylation sites is 1. The van der Waals surface area contributed by atoms with Crippen molar-refractivity contribution in [1.82, 2.24) is 24.6 Å². The third-order valence-corrected chi connectivity index (χ3v) is 10.7. The lowest BCUT2D eigenvalue weighted by atomic mass is 10.0. The maximum absolute atomic E-state index is 12.7. The van der Waals surface area contributed by atoms with Gasteiger partial charge < -0.3 is 18.9 Å². The van der Waals surface area contributed by atoms with Crippen molar-refractivity contribution in [3.8, 4) is 56.1 Å². The Kier molecular flexibility index (Phi) is 10.3. The molecular formula is C41H43N5O5S. The minimum absolute atomic E-state index is 0.186. The summed E-state index contributed by atoms with van der Waals surface area (Å²) >= 11 is 1.71. The first-order chi connectivity index (χ1) is 25.2. The molecule has 0 bridgehead atoms. The zero-order valence-electron chi connectivity index (χ0n) is 30.4. The number of carbonyl (C=O) groups excluding carboxylic acids is 1. The summed E-state index contributed by atoms with van der Waals surface area (Å²) in [5, 5.41) is 5.70. The molecule has 1 aliphatic rings. The summed E-state index contributed by atoms with van der Waals surface area (Å²) < 4.78 is 26.5. The number of aryl methyl sites for hydroxylation is 2. The Morgan fingerprint density at radius 1 is 0.712 bits per heavy atom. The van der Waals surface area contributed by atoms with Gasteiger partial charge in [0.05, 0.1) is 35.8 Å².